The average Bonchev–Trinajstić information content (AvgIpc) is 3.04. The lowest BCUT2D eigenvalue weighted by molar-refractivity contribution is -0.158. The number of aryl methyl sites for hydroxylation is 1. The third-order valence-corrected chi connectivity index (χ3v) is 6.80. The number of nitrogens with two attached hydrogens (primary N) is 1. The molecule has 1 fully saturated rings. The zero-order valence-electron chi connectivity index (χ0n) is 20.5. The third-order valence-electron chi connectivity index (χ3n) is 6.80. The zero-order valence-corrected chi connectivity index (χ0v) is 20.5. The fourth-order valence-corrected chi connectivity index (χ4v) is 4.79. The summed E-state index contributed by atoms with van der Waals surface area (Å²) < 4.78 is 25.3. The van der Waals surface area contributed by atoms with Gasteiger partial charge in [0.2, 0.25) is 0 Å². The monoisotopic (exact) mass is 488 g/mol. The van der Waals surface area contributed by atoms with Crippen molar-refractivity contribution >= 4 is 23.7 Å². The van der Waals surface area contributed by atoms with Gasteiger partial charge >= 0.3 is 12.0 Å². The zero-order chi connectivity index (χ0) is 25.3. The quantitative estimate of drug-likeness (QED) is 0.197. The minimum atomic E-state index is -1.36. The van der Waals surface area contributed by atoms with Crippen LogP contribution in [-0.4, -0.2) is 51.7 Å². The molecule has 3 N–H and O–H groups in total. The van der Waals surface area contributed by atoms with Gasteiger partial charge in [0.1, 0.15) is 11.8 Å². The molecule has 8 nitrogen and oxygen atoms in total. The fraction of sp³-hybridized carbons (Fsp3) is 0.692. The maximum Gasteiger partial charge on any atom is 0.310 e. The number of carbonyl (C=O) groups is 1. The summed E-state index contributed by atoms with van der Waals surface area (Å²) in [6.45, 7) is 1.75. The van der Waals surface area contributed by atoms with E-state index in [1.165, 1.54) is 25.7 Å². The molecule has 1 aromatic heterocycles. The summed E-state index contributed by atoms with van der Waals surface area (Å²) in [7, 11) is 0. The van der Waals surface area contributed by atoms with Crippen LogP contribution in [0, 0.1) is 24.3 Å². The number of aliphatic hydroxyl groups is 1. The number of nitrogen functional groups attached to an aromatic ring is 1. The van der Waals surface area contributed by atoms with Gasteiger partial charge in [0.05, 0.1) is 18.4 Å². The molecule has 0 amide bonds. The number of carbonyl (C=O) groups excluding carboxylic acids is 1. The van der Waals surface area contributed by atoms with Gasteiger partial charge in [-0.2, -0.15) is 9.37 Å². The Morgan fingerprint density at radius 3 is 2.77 bits per heavy atom. The molecule has 3 heterocycles. The molecular weight excluding hydrogens is 451 g/mol. The average molecular weight is 489 g/mol. The topological polar surface area (TPSA) is 120 Å². The number of halogens is 1. The van der Waals surface area contributed by atoms with E-state index >= 15 is 0 Å². The Balaban J connectivity index is 1.52. The van der Waals surface area contributed by atoms with Crippen LogP contribution in [0.15, 0.2) is 4.99 Å². The number of esters is 1. The molecule has 0 spiro atoms. The SMILES string of the molecule is C#C[C@]1(CO)O[C@@H](CC2C=Nc3c(N)nc(F)nc3CC2)C[C@@H]1OC(=O)CCCCCCCCC. The number of unbranched alkanes of at least 4 members (excludes halogenated alkanes) is 6. The number of rotatable bonds is 12. The van der Waals surface area contributed by atoms with E-state index in [1.54, 1.807) is 6.21 Å². The lowest BCUT2D eigenvalue weighted by Gasteiger charge is -2.27. The van der Waals surface area contributed by atoms with Crippen molar-refractivity contribution in [2.24, 2.45) is 10.9 Å². The smallest absolute Gasteiger partial charge is 0.310 e. The van der Waals surface area contributed by atoms with E-state index in [-0.39, 0.29) is 23.8 Å². The van der Waals surface area contributed by atoms with Gasteiger partial charge in [0, 0.05) is 19.1 Å². The number of hydrogen-bond acceptors (Lipinski definition) is 8. The van der Waals surface area contributed by atoms with E-state index in [0.29, 0.717) is 43.5 Å². The van der Waals surface area contributed by atoms with Gasteiger partial charge in [0.15, 0.2) is 11.4 Å². The number of aromatic nitrogens is 2. The molecular formula is C26H37FN4O4. The highest BCUT2D eigenvalue weighted by molar-refractivity contribution is 5.73. The van der Waals surface area contributed by atoms with Crippen molar-refractivity contribution in [3.05, 3.63) is 11.8 Å². The Bertz CT molecular complexity index is 935. The fourth-order valence-electron chi connectivity index (χ4n) is 4.79. The molecule has 35 heavy (non-hydrogen) atoms. The van der Waals surface area contributed by atoms with E-state index in [0.717, 1.165) is 19.3 Å². The highest BCUT2D eigenvalue weighted by Crippen LogP contribution is 2.37. The molecule has 0 radical (unpaired) electrons. The molecule has 0 bridgehead atoms. The highest BCUT2D eigenvalue weighted by Gasteiger charge is 2.50. The Hall–Kier alpha value is -2.57. The standard InChI is InChI=1S/C26H37FN4O4/c1-3-5-6-7-8-9-10-11-22(33)34-21-15-19(35-26(21,4-2)17-32)14-18-12-13-20-23(29-16-18)24(28)31-25(27)30-20/h2,16,18-19,21,32H,3,5-15,17H2,1H3,(H2,28,30,31)/t18?,19-,21-,26+/m0/s1. The van der Waals surface area contributed by atoms with Crippen molar-refractivity contribution in [1.29, 1.82) is 0 Å². The van der Waals surface area contributed by atoms with Crippen LogP contribution in [-0.2, 0) is 20.7 Å². The molecule has 2 aliphatic rings. The number of nitrogens with zero attached hydrogens (tertiary/aromatic N) is 3. The summed E-state index contributed by atoms with van der Waals surface area (Å²) in [6.07, 6.45) is 15.8. The third kappa shape index (κ3) is 7.21. The molecule has 1 aromatic rings. The maximum absolute atomic E-state index is 13.5. The van der Waals surface area contributed by atoms with Gasteiger partial charge in [-0.1, -0.05) is 51.4 Å². The van der Waals surface area contributed by atoms with E-state index in [1.807, 2.05) is 0 Å². The molecule has 2 aliphatic heterocycles. The van der Waals surface area contributed by atoms with Crippen LogP contribution < -0.4 is 5.73 Å². The van der Waals surface area contributed by atoms with E-state index in [2.05, 4.69) is 27.8 Å². The van der Waals surface area contributed by atoms with Gasteiger partial charge in [-0.15, -0.1) is 6.42 Å². The normalized spacial score (nSPS) is 25.6. The molecule has 1 unspecified atom stereocenters. The lowest BCUT2D eigenvalue weighted by atomic mass is 9.93. The predicted molar refractivity (Wildman–Crippen MR) is 132 cm³/mol. The van der Waals surface area contributed by atoms with Crippen LogP contribution in [0.5, 0.6) is 0 Å². The van der Waals surface area contributed by atoms with Gasteiger partial charge < -0.3 is 20.3 Å². The van der Waals surface area contributed by atoms with Crippen molar-refractivity contribution in [3.63, 3.8) is 0 Å². The Morgan fingerprint density at radius 1 is 1.31 bits per heavy atom. The van der Waals surface area contributed by atoms with Gasteiger partial charge in [-0.3, -0.25) is 9.79 Å². The van der Waals surface area contributed by atoms with Crippen molar-refractivity contribution in [2.75, 3.05) is 12.3 Å². The first-order valence-electron chi connectivity index (χ1n) is 12.7. The minimum absolute atomic E-state index is 0.00649. The lowest BCUT2D eigenvalue weighted by Crippen LogP contribution is -2.44. The summed E-state index contributed by atoms with van der Waals surface area (Å²) in [5.74, 6) is 2.22. The molecule has 1 saturated heterocycles. The van der Waals surface area contributed by atoms with Crippen LogP contribution in [0.4, 0.5) is 15.9 Å². The largest absolute Gasteiger partial charge is 0.458 e. The van der Waals surface area contributed by atoms with Crippen molar-refractivity contribution in [3.8, 4) is 12.3 Å². The predicted octanol–water partition coefficient (Wildman–Crippen LogP) is 4.06. The molecule has 0 aliphatic carbocycles. The Kier molecular flexibility index (Phi) is 9.99. The first kappa shape index (κ1) is 27.0. The molecule has 0 saturated carbocycles. The number of aliphatic imine (C=N–C) groups is 1. The van der Waals surface area contributed by atoms with E-state index < -0.39 is 24.4 Å². The van der Waals surface area contributed by atoms with Crippen LogP contribution in [0.25, 0.3) is 0 Å². The first-order valence-corrected chi connectivity index (χ1v) is 12.7. The first-order chi connectivity index (χ1) is 16.9. The summed E-state index contributed by atoms with van der Waals surface area (Å²) in [4.78, 5) is 24.2. The molecule has 4 atom stereocenters. The summed E-state index contributed by atoms with van der Waals surface area (Å²) in [5.41, 5.74) is 5.32. The number of fused-ring (bicyclic) bond motifs is 1. The summed E-state index contributed by atoms with van der Waals surface area (Å²) in [5, 5.41) is 10.0. The molecule has 192 valence electrons. The van der Waals surface area contributed by atoms with Crippen LogP contribution in [0.2, 0.25) is 0 Å². The second-order valence-corrected chi connectivity index (χ2v) is 9.50. The highest BCUT2D eigenvalue weighted by atomic mass is 19.1. The van der Waals surface area contributed by atoms with Gasteiger partial charge in [-0.05, 0) is 31.6 Å². The Labute approximate surface area is 206 Å². The van der Waals surface area contributed by atoms with Crippen molar-refractivity contribution < 1.29 is 23.8 Å². The van der Waals surface area contributed by atoms with E-state index in [9.17, 15) is 14.3 Å². The second kappa shape index (κ2) is 12.9. The number of hydrogen-bond donors (Lipinski definition) is 2. The second-order valence-electron chi connectivity index (χ2n) is 9.50. The minimum Gasteiger partial charge on any atom is -0.458 e. The van der Waals surface area contributed by atoms with Gasteiger partial charge in [-0.25, -0.2) is 4.98 Å². The van der Waals surface area contributed by atoms with Crippen LogP contribution in [0.3, 0.4) is 0 Å². The van der Waals surface area contributed by atoms with Crippen LogP contribution >= 0.6 is 0 Å². The van der Waals surface area contributed by atoms with Crippen LogP contribution in [0.1, 0.15) is 83.2 Å². The number of terminal acetylenes is 1. The number of anilines is 1. The molecule has 3 rings (SSSR count). The van der Waals surface area contributed by atoms with E-state index in [4.69, 9.17) is 21.6 Å². The maximum atomic E-state index is 13.5. The van der Waals surface area contributed by atoms with Crippen molar-refractivity contribution in [2.45, 2.75) is 102 Å². The summed E-state index contributed by atoms with van der Waals surface area (Å²) >= 11 is 0. The number of aliphatic hydroxyl groups excluding tert-OH is 1. The summed E-state index contributed by atoms with van der Waals surface area (Å²) in [6, 6.07) is 0. The van der Waals surface area contributed by atoms with Gasteiger partial charge in [0.25, 0.3) is 0 Å². The number of ether oxygens (including phenoxy) is 2. The van der Waals surface area contributed by atoms with Crippen molar-refractivity contribution in [1.82, 2.24) is 9.97 Å². The Morgan fingerprint density at radius 2 is 2.06 bits per heavy atom. The molecule has 0 aromatic carbocycles. The molecule has 9 heteroatoms.